The van der Waals surface area contributed by atoms with Gasteiger partial charge in [0.1, 0.15) is 25.3 Å². The van der Waals surface area contributed by atoms with Crippen LogP contribution >= 0.6 is 0 Å². The normalized spacial score (nSPS) is 27.0. The molecular weight excluding hydrogens is 317 g/mol. The van der Waals surface area contributed by atoms with Gasteiger partial charge < -0.3 is 39.6 Å². The Balaban J connectivity index is 1.96. The summed E-state index contributed by atoms with van der Waals surface area (Å²) in [4.78, 5) is 0.966. The highest BCUT2D eigenvalue weighted by Gasteiger charge is 2.47. The molecule has 0 aromatic heterocycles. The highest BCUT2D eigenvalue weighted by atomic mass is 16.8. The molecule has 9 heteroatoms. The van der Waals surface area contributed by atoms with Crippen LogP contribution < -0.4 is 4.90 Å². The van der Waals surface area contributed by atoms with E-state index in [1.807, 2.05) is 38.2 Å². The molecule has 5 unspecified atom stereocenters. The van der Waals surface area contributed by atoms with Crippen molar-refractivity contribution in [1.29, 1.82) is 0 Å². The maximum atomic E-state index is 10.4. The molecule has 2 rings (SSSR count). The van der Waals surface area contributed by atoms with E-state index in [0.717, 1.165) is 10.5 Å². The minimum atomic E-state index is -3.56. The van der Waals surface area contributed by atoms with Gasteiger partial charge in [-0.15, -0.1) is 0 Å². The summed E-state index contributed by atoms with van der Waals surface area (Å²) in [7, 11) is 1.88. The Morgan fingerprint density at radius 1 is 1.08 bits per heavy atom. The fourth-order valence-corrected chi connectivity index (χ4v) is 2.92. The standard InChI is InChI=1S/C15H25BNO7/c1-10-3-5-11(6-4-10)7-17(2)8-12(19)14-15(13(20)9-18)24-16(21,22)23-14/h3-6,12-15,18-22H,7-9H2,1-2H3/q-1/p+1. The summed E-state index contributed by atoms with van der Waals surface area (Å²) < 4.78 is 9.75. The average Bonchev–Trinajstić information content (AvgIpc) is 2.84. The van der Waals surface area contributed by atoms with Gasteiger partial charge in [-0.2, -0.15) is 0 Å². The first-order valence-electron chi connectivity index (χ1n) is 7.99. The van der Waals surface area contributed by atoms with Gasteiger partial charge in [-0.3, -0.25) is 0 Å². The molecule has 24 heavy (non-hydrogen) atoms. The Hall–Kier alpha value is -1.04. The Morgan fingerprint density at radius 2 is 1.62 bits per heavy atom. The van der Waals surface area contributed by atoms with Crippen LogP contribution in [0.1, 0.15) is 11.1 Å². The predicted octanol–water partition coefficient (Wildman–Crippen LogP) is -3.07. The summed E-state index contributed by atoms with van der Waals surface area (Å²) >= 11 is 0. The van der Waals surface area contributed by atoms with E-state index in [0.29, 0.717) is 6.54 Å². The van der Waals surface area contributed by atoms with Gasteiger partial charge in [0.15, 0.2) is 0 Å². The third-order valence-electron chi connectivity index (χ3n) is 4.12. The maximum Gasteiger partial charge on any atom is 0.527 e. The highest BCUT2D eigenvalue weighted by molar-refractivity contribution is 6.51. The summed E-state index contributed by atoms with van der Waals surface area (Å²) in [6, 6.07) is 8.03. The van der Waals surface area contributed by atoms with Crippen molar-refractivity contribution in [2.45, 2.75) is 37.9 Å². The van der Waals surface area contributed by atoms with Gasteiger partial charge in [-0.1, -0.05) is 29.8 Å². The number of nitrogens with one attached hydrogen (secondary N) is 1. The second kappa shape index (κ2) is 7.90. The molecule has 0 saturated carbocycles. The van der Waals surface area contributed by atoms with Crippen molar-refractivity contribution in [3.8, 4) is 0 Å². The Kier molecular flexibility index (Phi) is 6.35. The van der Waals surface area contributed by atoms with Gasteiger partial charge in [0.2, 0.25) is 0 Å². The predicted molar refractivity (Wildman–Crippen MR) is 85.7 cm³/mol. The number of quaternary nitrogens is 1. The molecule has 0 radical (unpaired) electrons. The SMILES string of the molecule is Cc1ccc(C[NH+](C)CC(O)C2O[B-](O)(O)OC2C(O)CO)cc1. The van der Waals surface area contributed by atoms with Crippen molar-refractivity contribution in [1.82, 2.24) is 0 Å². The zero-order chi connectivity index (χ0) is 17.9. The van der Waals surface area contributed by atoms with Crippen molar-refractivity contribution in [2.24, 2.45) is 0 Å². The molecule has 0 aliphatic carbocycles. The van der Waals surface area contributed by atoms with Gasteiger partial charge >= 0.3 is 6.96 Å². The molecule has 8 nitrogen and oxygen atoms in total. The van der Waals surface area contributed by atoms with Crippen LogP contribution in [0, 0.1) is 6.92 Å². The van der Waals surface area contributed by atoms with E-state index in [4.69, 9.17) is 14.4 Å². The van der Waals surface area contributed by atoms with Gasteiger partial charge in [-0.25, -0.2) is 0 Å². The van der Waals surface area contributed by atoms with Crippen LogP contribution in [0.4, 0.5) is 0 Å². The first-order valence-corrected chi connectivity index (χ1v) is 7.99. The van der Waals surface area contributed by atoms with E-state index in [1.54, 1.807) is 0 Å². The van der Waals surface area contributed by atoms with Crippen LogP contribution in [0.5, 0.6) is 0 Å². The lowest BCUT2D eigenvalue weighted by Crippen LogP contribution is -3.09. The highest BCUT2D eigenvalue weighted by Crippen LogP contribution is 2.25. The third kappa shape index (κ3) is 4.98. The summed E-state index contributed by atoms with van der Waals surface area (Å²) in [5.74, 6) is 0. The molecule has 0 spiro atoms. The van der Waals surface area contributed by atoms with Gasteiger partial charge in [-0.05, 0) is 6.92 Å². The van der Waals surface area contributed by atoms with E-state index in [9.17, 15) is 20.3 Å². The molecule has 1 saturated heterocycles. The molecule has 0 amide bonds. The zero-order valence-electron chi connectivity index (χ0n) is 13.9. The second-order valence-corrected chi connectivity index (χ2v) is 6.48. The Morgan fingerprint density at radius 3 is 2.17 bits per heavy atom. The first-order chi connectivity index (χ1) is 11.2. The van der Waals surface area contributed by atoms with Crippen molar-refractivity contribution in [2.75, 3.05) is 20.2 Å². The molecule has 1 aliphatic heterocycles. The van der Waals surface area contributed by atoms with Crippen molar-refractivity contribution < 1.29 is 39.6 Å². The molecule has 0 bridgehead atoms. The van der Waals surface area contributed by atoms with Crippen LogP contribution in [-0.4, -0.2) is 76.9 Å². The number of rotatable bonds is 7. The molecule has 5 atom stereocenters. The molecule has 1 aromatic carbocycles. The molecule has 1 aliphatic rings. The largest absolute Gasteiger partial charge is 0.533 e. The van der Waals surface area contributed by atoms with Crippen LogP contribution in [0.3, 0.4) is 0 Å². The fourth-order valence-electron chi connectivity index (χ4n) is 2.92. The monoisotopic (exact) mass is 343 g/mol. The van der Waals surface area contributed by atoms with Crippen molar-refractivity contribution in [3.63, 3.8) is 0 Å². The van der Waals surface area contributed by atoms with E-state index in [1.165, 1.54) is 5.56 Å². The van der Waals surface area contributed by atoms with Crippen molar-refractivity contribution in [3.05, 3.63) is 35.4 Å². The topological polar surface area (TPSA) is 124 Å². The van der Waals surface area contributed by atoms with E-state index in [2.05, 4.69) is 0 Å². The number of aliphatic hydroxyl groups excluding tert-OH is 3. The number of aliphatic hydroxyl groups is 3. The first kappa shape index (κ1) is 19.3. The lowest BCUT2D eigenvalue weighted by molar-refractivity contribution is -0.897. The molecule has 1 fully saturated rings. The number of likely N-dealkylation sites (N-methyl/N-ethyl adjacent to an activating group) is 1. The second-order valence-electron chi connectivity index (χ2n) is 6.48. The van der Waals surface area contributed by atoms with E-state index >= 15 is 0 Å². The van der Waals surface area contributed by atoms with Crippen molar-refractivity contribution >= 4 is 6.96 Å². The summed E-state index contributed by atoms with van der Waals surface area (Å²) in [6.45, 7) is -1.30. The molecular formula is C15H26BNO7. The summed E-state index contributed by atoms with van der Waals surface area (Å²) in [5, 5.41) is 48.1. The minimum absolute atomic E-state index is 0.239. The molecule has 1 heterocycles. The van der Waals surface area contributed by atoms with Gasteiger partial charge in [0, 0.05) is 5.56 Å². The van der Waals surface area contributed by atoms with E-state index in [-0.39, 0.29) is 6.54 Å². The summed E-state index contributed by atoms with van der Waals surface area (Å²) in [5.41, 5.74) is 2.27. The number of aryl methyl sites for hydroxylation is 1. The average molecular weight is 343 g/mol. The Bertz CT molecular complexity index is 527. The van der Waals surface area contributed by atoms with Crippen LogP contribution in [0.15, 0.2) is 24.3 Å². The fraction of sp³-hybridized carbons (Fsp3) is 0.600. The zero-order valence-corrected chi connectivity index (χ0v) is 13.9. The lowest BCUT2D eigenvalue weighted by Gasteiger charge is -2.29. The quantitative estimate of drug-likeness (QED) is 0.290. The summed E-state index contributed by atoms with van der Waals surface area (Å²) in [6.07, 6.45) is -4.85. The van der Waals surface area contributed by atoms with Crippen LogP contribution in [-0.2, 0) is 15.9 Å². The van der Waals surface area contributed by atoms with Gasteiger partial charge in [0.05, 0.1) is 25.9 Å². The molecule has 1 aromatic rings. The number of hydrogen-bond acceptors (Lipinski definition) is 7. The third-order valence-corrected chi connectivity index (χ3v) is 4.12. The molecule has 6 N–H and O–H groups in total. The number of benzene rings is 1. The maximum absolute atomic E-state index is 10.4. The Labute approximate surface area is 140 Å². The minimum Gasteiger partial charge on any atom is -0.533 e. The van der Waals surface area contributed by atoms with Gasteiger partial charge in [0.25, 0.3) is 0 Å². The molecule has 136 valence electrons. The number of hydrogen-bond donors (Lipinski definition) is 6. The lowest BCUT2D eigenvalue weighted by atomic mass is 10.0. The van der Waals surface area contributed by atoms with E-state index < -0.39 is 38.0 Å². The smallest absolute Gasteiger partial charge is 0.527 e. The van der Waals surface area contributed by atoms with Crippen LogP contribution in [0.25, 0.3) is 0 Å². The van der Waals surface area contributed by atoms with Crippen LogP contribution in [0.2, 0.25) is 0 Å².